The van der Waals surface area contributed by atoms with Crippen LogP contribution in [0.3, 0.4) is 0 Å². The average Bonchev–Trinajstić information content (AvgIpc) is 2.35. The fourth-order valence-electron chi connectivity index (χ4n) is 1.66. The number of hydrogen-bond acceptors (Lipinski definition) is 1. The van der Waals surface area contributed by atoms with Crippen LogP contribution in [0.5, 0.6) is 0 Å². The first-order valence-electron chi connectivity index (χ1n) is 5.92. The van der Waals surface area contributed by atoms with Gasteiger partial charge in [0.25, 0.3) is 0 Å². The number of nitrogens with two attached hydrogens (primary N) is 1. The molecule has 0 heterocycles. The van der Waals surface area contributed by atoms with Gasteiger partial charge in [0.1, 0.15) is 0 Å². The van der Waals surface area contributed by atoms with E-state index in [4.69, 9.17) is 5.73 Å². The molecule has 0 aliphatic carbocycles. The molecule has 0 aromatic heterocycles. The second-order valence-electron chi connectivity index (χ2n) is 4.25. The number of halogens is 4. The van der Waals surface area contributed by atoms with Gasteiger partial charge in [0.2, 0.25) is 0 Å². The lowest BCUT2D eigenvalue weighted by Crippen LogP contribution is -2.27. The van der Waals surface area contributed by atoms with E-state index in [2.05, 4.69) is 0 Å². The van der Waals surface area contributed by atoms with Crippen molar-refractivity contribution in [3.63, 3.8) is 0 Å². The Labute approximate surface area is 104 Å². The van der Waals surface area contributed by atoms with Crippen molar-refractivity contribution in [2.75, 3.05) is 12.4 Å². The van der Waals surface area contributed by atoms with Crippen molar-refractivity contribution in [1.82, 2.24) is 0 Å². The van der Waals surface area contributed by atoms with E-state index < -0.39 is 18.8 Å². The molecule has 102 valence electrons. The number of benzene rings is 1. The van der Waals surface area contributed by atoms with Crippen LogP contribution >= 0.6 is 0 Å². The van der Waals surface area contributed by atoms with E-state index in [1.165, 1.54) is 12.1 Å². The normalized spacial score (nSPS) is 13.6. The van der Waals surface area contributed by atoms with Gasteiger partial charge in [0.05, 0.1) is 6.67 Å². The molecule has 0 bridgehead atoms. The molecule has 0 saturated carbocycles. The standard InChI is InChI=1S/C13H17F4N/c14-9-3-1-2-4-12(15)13(16,17)10-5-7-11(18)8-6-10/h5-8,12H,1-4,9,18H2. The zero-order valence-corrected chi connectivity index (χ0v) is 10.0. The van der Waals surface area contributed by atoms with Crippen molar-refractivity contribution in [2.24, 2.45) is 0 Å². The first-order valence-corrected chi connectivity index (χ1v) is 5.92. The quantitative estimate of drug-likeness (QED) is 0.444. The first kappa shape index (κ1) is 14.8. The minimum Gasteiger partial charge on any atom is -0.399 e. The summed E-state index contributed by atoms with van der Waals surface area (Å²) in [6.45, 7) is -0.495. The van der Waals surface area contributed by atoms with Crippen molar-refractivity contribution in [3.05, 3.63) is 29.8 Å². The Morgan fingerprint density at radius 1 is 1.06 bits per heavy atom. The fourth-order valence-corrected chi connectivity index (χ4v) is 1.66. The maximum atomic E-state index is 13.7. The highest BCUT2D eigenvalue weighted by atomic mass is 19.3. The molecule has 0 amide bonds. The summed E-state index contributed by atoms with van der Waals surface area (Å²) < 4.78 is 52.7. The summed E-state index contributed by atoms with van der Waals surface area (Å²) in [5.41, 5.74) is 5.36. The molecule has 0 radical (unpaired) electrons. The second kappa shape index (κ2) is 6.61. The molecular formula is C13H17F4N. The van der Waals surface area contributed by atoms with E-state index in [0.29, 0.717) is 18.5 Å². The maximum absolute atomic E-state index is 13.7. The van der Waals surface area contributed by atoms with Gasteiger partial charge in [-0.3, -0.25) is 4.39 Å². The highest BCUT2D eigenvalue weighted by Gasteiger charge is 2.41. The molecule has 0 fully saturated rings. The average molecular weight is 263 g/mol. The molecule has 1 unspecified atom stereocenters. The van der Waals surface area contributed by atoms with E-state index in [-0.39, 0.29) is 18.4 Å². The number of hydrogen-bond donors (Lipinski definition) is 1. The van der Waals surface area contributed by atoms with Crippen LogP contribution in [0.4, 0.5) is 23.2 Å². The van der Waals surface area contributed by atoms with E-state index in [9.17, 15) is 17.6 Å². The van der Waals surface area contributed by atoms with Gasteiger partial charge >= 0.3 is 5.92 Å². The summed E-state index contributed by atoms with van der Waals surface area (Å²) in [7, 11) is 0. The molecule has 18 heavy (non-hydrogen) atoms. The summed E-state index contributed by atoms with van der Waals surface area (Å²) in [6.07, 6.45) is -1.54. The van der Waals surface area contributed by atoms with E-state index in [0.717, 1.165) is 12.1 Å². The highest BCUT2D eigenvalue weighted by Crippen LogP contribution is 2.36. The van der Waals surface area contributed by atoms with E-state index in [1.807, 2.05) is 0 Å². The number of alkyl halides is 4. The second-order valence-corrected chi connectivity index (χ2v) is 4.25. The predicted molar refractivity (Wildman–Crippen MR) is 64.1 cm³/mol. The number of unbranched alkanes of at least 4 members (excludes halogenated alkanes) is 2. The topological polar surface area (TPSA) is 26.0 Å². The fraction of sp³-hybridized carbons (Fsp3) is 0.538. The van der Waals surface area contributed by atoms with Gasteiger partial charge in [0.15, 0.2) is 6.17 Å². The van der Waals surface area contributed by atoms with Crippen LogP contribution in [-0.2, 0) is 5.92 Å². The number of rotatable bonds is 7. The summed E-state index contributed by atoms with van der Waals surface area (Å²) in [6, 6.07) is 4.89. The monoisotopic (exact) mass is 263 g/mol. The van der Waals surface area contributed by atoms with Crippen molar-refractivity contribution in [1.29, 1.82) is 0 Å². The molecular weight excluding hydrogens is 246 g/mol. The zero-order chi connectivity index (χ0) is 13.6. The summed E-state index contributed by atoms with van der Waals surface area (Å²) in [5, 5.41) is 0. The van der Waals surface area contributed by atoms with Crippen LogP contribution in [0.2, 0.25) is 0 Å². The lowest BCUT2D eigenvalue weighted by atomic mass is 9.99. The molecule has 1 aromatic carbocycles. The van der Waals surface area contributed by atoms with Gasteiger partial charge in [-0.2, -0.15) is 8.78 Å². The summed E-state index contributed by atoms with van der Waals surface area (Å²) in [4.78, 5) is 0. The lowest BCUT2D eigenvalue weighted by Gasteiger charge is -2.21. The molecule has 1 aromatic rings. The Balaban J connectivity index is 2.58. The van der Waals surface area contributed by atoms with Gasteiger partial charge in [-0.1, -0.05) is 25.0 Å². The third-order valence-corrected chi connectivity index (χ3v) is 2.78. The van der Waals surface area contributed by atoms with Crippen LogP contribution in [-0.4, -0.2) is 12.8 Å². The van der Waals surface area contributed by atoms with Gasteiger partial charge in [-0.05, 0) is 25.0 Å². The maximum Gasteiger partial charge on any atom is 0.303 e. The van der Waals surface area contributed by atoms with Crippen molar-refractivity contribution in [2.45, 2.75) is 37.8 Å². The third kappa shape index (κ3) is 3.89. The summed E-state index contributed by atoms with van der Waals surface area (Å²) in [5.74, 6) is -3.52. The number of nitrogen functional groups attached to an aromatic ring is 1. The van der Waals surface area contributed by atoms with Crippen molar-refractivity contribution in [3.8, 4) is 0 Å². The molecule has 1 nitrogen and oxygen atoms in total. The van der Waals surface area contributed by atoms with Gasteiger partial charge in [0, 0.05) is 11.3 Å². The predicted octanol–water partition coefficient (Wildman–Crippen LogP) is 4.23. The van der Waals surface area contributed by atoms with Crippen LogP contribution in [0.1, 0.15) is 31.2 Å². The first-order chi connectivity index (χ1) is 8.48. The van der Waals surface area contributed by atoms with Crippen LogP contribution < -0.4 is 5.73 Å². The number of anilines is 1. The minimum absolute atomic E-state index is 0.260. The molecule has 0 spiro atoms. The highest BCUT2D eigenvalue weighted by molar-refractivity contribution is 5.40. The smallest absolute Gasteiger partial charge is 0.303 e. The van der Waals surface area contributed by atoms with Crippen molar-refractivity contribution >= 4 is 5.69 Å². The Hall–Kier alpha value is -1.26. The Kier molecular flexibility index (Phi) is 5.44. The Morgan fingerprint density at radius 2 is 1.67 bits per heavy atom. The third-order valence-electron chi connectivity index (χ3n) is 2.78. The Bertz CT molecular complexity index is 351. The largest absolute Gasteiger partial charge is 0.399 e. The molecule has 0 saturated heterocycles. The Morgan fingerprint density at radius 3 is 2.22 bits per heavy atom. The molecule has 1 rings (SSSR count). The van der Waals surface area contributed by atoms with Crippen LogP contribution in [0.15, 0.2) is 24.3 Å². The van der Waals surface area contributed by atoms with Gasteiger partial charge < -0.3 is 5.73 Å². The van der Waals surface area contributed by atoms with Crippen LogP contribution in [0, 0.1) is 0 Å². The molecule has 5 heteroatoms. The summed E-state index contributed by atoms with van der Waals surface area (Å²) >= 11 is 0. The van der Waals surface area contributed by atoms with Crippen molar-refractivity contribution < 1.29 is 17.6 Å². The SMILES string of the molecule is Nc1ccc(C(F)(F)C(F)CCCCCF)cc1. The van der Waals surface area contributed by atoms with E-state index >= 15 is 0 Å². The molecule has 2 N–H and O–H groups in total. The minimum atomic E-state index is -3.52. The molecule has 0 aliphatic heterocycles. The lowest BCUT2D eigenvalue weighted by molar-refractivity contribution is -0.0822. The molecule has 0 aliphatic rings. The van der Waals surface area contributed by atoms with Gasteiger partial charge in [-0.15, -0.1) is 0 Å². The molecule has 1 atom stereocenters. The van der Waals surface area contributed by atoms with E-state index in [1.54, 1.807) is 0 Å². The van der Waals surface area contributed by atoms with Crippen LogP contribution in [0.25, 0.3) is 0 Å². The zero-order valence-electron chi connectivity index (χ0n) is 10.0. The van der Waals surface area contributed by atoms with Gasteiger partial charge in [-0.25, -0.2) is 4.39 Å².